The first-order valence-corrected chi connectivity index (χ1v) is 13.2. The zero-order valence-corrected chi connectivity index (χ0v) is 22.8. The van der Waals surface area contributed by atoms with Crippen molar-refractivity contribution in [1.82, 2.24) is 9.97 Å². The summed E-state index contributed by atoms with van der Waals surface area (Å²) in [6.07, 6.45) is 12.4. The van der Waals surface area contributed by atoms with Gasteiger partial charge in [0.05, 0.1) is 54.2 Å². The van der Waals surface area contributed by atoms with Gasteiger partial charge in [-0.2, -0.15) is 0 Å². The molecular weight excluding hydrogens is 492 g/mol. The number of aliphatic imine (C=N–C) groups is 2. The molecular formula is C31H32N4O4. The van der Waals surface area contributed by atoms with Crippen LogP contribution in [0.15, 0.2) is 69.9 Å². The summed E-state index contributed by atoms with van der Waals surface area (Å²) in [6, 6.07) is 7.91. The van der Waals surface area contributed by atoms with Crippen molar-refractivity contribution in [3.8, 4) is 0 Å². The summed E-state index contributed by atoms with van der Waals surface area (Å²) >= 11 is 0. The Morgan fingerprint density at radius 1 is 0.974 bits per heavy atom. The van der Waals surface area contributed by atoms with Gasteiger partial charge in [-0.25, -0.2) is 0 Å². The Bertz CT molecular complexity index is 1490. The summed E-state index contributed by atoms with van der Waals surface area (Å²) in [6.45, 7) is 8.19. The lowest BCUT2D eigenvalue weighted by molar-refractivity contribution is -0.149. The highest BCUT2D eigenvalue weighted by molar-refractivity contribution is 6.19. The summed E-state index contributed by atoms with van der Waals surface area (Å²) in [5.41, 5.74) is 4.50. The van der Waals surface area contributed by atoms with Crippen LogP contribution >= 0.6 is 0 Å². The van der Waals surface area contributed by atoms with Gasteiger partial charge in [0.1, 0.15) is 0 Å². The maximum atomic E-state index is 12.7. The molecule has 0 aliphatic carbocycles. The van der Waals surface area contributed by atoms with Crippen molar-refractivity contribution in [2.75, 3.05) is 7.11 Å². The highest BCUT2D eigenvalue weighted by Crippen LogP contribution is 2.54. The fourth-order valence-corrected chi connectivity index (χ4v) is 6.31. The molecule has 39 heavy (non-hydrogen) atoms. The SMILES string of the molecule is COC(=O)CC(C)(C)C1C2=N/C(=C\c3ccc([nH]3)C3(OC(=O)CC3(C)C)c3ccc([nH]3)/C=C3/C=CC1=N3)C=C2. The van der Waals surface area contributed by atoms with Crippen LogP contribution in [0, 0.1) is 16.7 Å². The van der Waals surface area contributed by atoms with Gasteiger partial charge < -0.3 is 19.4 Å². The van der Waals surface area contributed by atoms with Gasteiger partial charge in [-0.3, -0.25) is 19.6 Å². The zero-order valence-electron chi connectivity index (χ0n) is 22.8. The summed E-state index contributed by atoms with van der Waals surface area (Å²) < 4.78 is 11.2. The van der Waals surface area contributed by atoms with Crippen molar-refractivity contribution in [2.45, 2.75) is 46.1 Å². The van der Waals surface area contributed by atoms with Crippen LogP contribution in [-0.2, 0) is 24.7 Å². The molecule has 6 rings (SSSR count). The quantitative estimate of drug-likeness (QED) is 0.518. The normalized spacial score (nSPS) is 27.5. The first-order valence-electron chi connectivity index (χ1n) is 13.2. The van der Waals surface area contributed by atoms with E-state index in [0.29, 0.717) is 6.42 Å². The van der Waals surface area contributed by atoms with Gasteiger partial charge in [-0.05, 0) is 66.1 Å². The maximum Gasteiger partial charge on any atom is 0.307 e. The highest BCUT2D eigenvalue weighted by Gasteiger charge is 2.59. The van der Waals surface area contributed by atoms with Crippen LogP contribution in [0.2, 0.25) is 0 Å². The number of carbonyl (C=O) groups excluding carboxylic acids is 2. The Balaban J connectivity index is 1.53. The molecule has 2 aromatic rings. The van der Waals surface area contributed by atoms with Crippen LogP contribution in [0.3, 0.4) is 0 Å². The van der Waals surface area contributed by atoms with Crippen molar-refractivity contribution in [3.05, 3.63) is 82.7 Å². The molecule has 0 aromatic carbocycles. The minimum absolute atomic E-state index is 0.225. The van der Waals surface area contributed by atoms with E-state index < -0.39 is 16.4 Å². The van der Waals surface area contributed by atoms with Gasteiger partial charge in [-0.1, -0.05) is 27.7 Å². The number of aromatic amines is 2. The van der Waals surface area contributed by atoms with Gasteiger partial charge in [0.25, 0.3) is 0 Å². The number of rotatable bonds is 3. The number of ether oxygens (including phenoxy) is 2. The topological polar surface area (TPSA) is 109 Å². The van der Waals surface area contributed by atoms with Gasteiger partial charge >= 0.3 is 11.9 Å². The van der Waals surface area contributed by atoms with E-state index in [0.717, 1.165) is 45.6 Å². The van der Waals surface area contributed by atoms with Gasteiger partial charge in [0.15, 0.2) is 5.60 Å². The number of allylic oxidation sites excluding steroid dienone is 4. The largest absolute Gasteiger partial charge is 0.469 e. The Hall–Kier alpha value is -4.20. The fourth-order valence-electron chi connectivity index (χ4n) is 6.31. The molecule has 1 fully saturated rings. The molecule has 8 bridgehead atoms. The van der Waals surface area contributed by atoms with Gasteiger partial charge in [0, 0.05) is 22.7 Å². The van der Waals surface area contributed by atoms with Crippen molar-refractivity contribution in [3.63, 3.8) is 0 Å². The number of hydrogen-bond acceptors (Lipinski definition) is 6. The van der Waals surface area contributed by atoms with Crippen LogP contribution in [0.1, 0.15) is 63.3 Å². The lowest BCUT2D eigenvalue weighted by atomic mass is 9.71. The Labute approximate surface area is 227 Å². The lowest BCUT2D eigenvalue weighted by Crippen LogP contribution is -2.40. The molecule has 8 heteroatoms. The molecule has 0 saturated carbocycles. The maximum absolute atomic E-state index is 12.7. The number of hydrogen-bond donors (Lipinski definition) is 2. The monoisotopic (exact) mass is 524 g/mol. The van der Waals surface area contributed by atoms with Crippen LogP contribution in [0.25, 0.3) is 12.2 Å². The summed E-state index contributed by atoms with van der Waals surface area (Å²) in [4.78, 5) is 41.9. The van der Waals surface area contributed by atoms with E-state index in [9.17, 15) is 9.59 Å². The van der Waals surface area contributed by atoms with E-state index in [1.54, 1.807) is 0 Å². The first kappa shape index (κ1) is 25.1. The number of aromatic nitrogens is 2. The number of nitrogens with one attached hydrogen (secondary N) is 2. The molecule has 4 aliphatic heterocycles. The van der Waals surface area contributed by atoms with Crippen molar-refractivity contribution in [2.24, 2.45) is 26.7 Å². The molecule has 1 spiro atoms. The highest BCUT2D eigenvalue weighted by atomic mass is 16.6. The second-order valence-electron chi connectivity index (χ2n) is 11.9. The Morgan fingerprint density at radius 3 is 1.97 bits per heavy atom. The number of carbonyl (C=O) groups is 2. The first-order chi connectivity index (χ1) is 18.5. The van der Waals surface area contributed by atoms with Crippen LogP contribution in [0.4, 0.5) is 0 Å². The zero-order chi connectivity index (χ0) is 27.6. The van der Waals surface area contributed by atoms with Crippen LogP contribution in [-0.4, -0.2) is 40.4 Å². The summed E-state index contributed by atoms with van der Waals surface area (Å²) in [5, 5.41) is 0. The number of fused-ring (bicyclic) bond motifs is 8. The third kappa shape index (κ3) is 4.06. The third-order valence-corrected chi connectivity index (χ3v) is 8.16. The van der Waals surface area contributed by atoms with E-state index in [4.69, 9.17) is 19.5 Å². The molecule has 6 heterocycles. The lowest BCUT2D eigenvalue weighted by Gasteiger charge is -2.37. The van der Waals surface area contributed by atoms with Crippen molar-refractivity contribution >= 4 is 35.5 Å². The molecule has 0 unspecified atom stereocenters. The predicted octanol–water partition coefficient (Wildman–Crippen LogP) is 5.48. The minimum atomic E-state index is -1.00. The van der Waals surface area contributed by atoms with Crippen molar-refractivity contribution < 1.29 is 19.1 Å². The number of H-pyrrole nitrogens is 2. The second kappa shape index (κ2) is 8.66. The molecule has 4 aliphatic rings. The third-order valence-electron chi connectivity index (χ3n) is 8.16. The van der Waals surface area contributed by atoms with E-state index in [-0.39, 0.29) is 24.3 Å². The summed E-state index contributed by atoms with van der Waals surface area (Å²) in [5.74, 6) is -0.736. The molecule has 0 radical (unpaired) electrons. The smallest absolute Gasteiger partial charge is 0.307 e. The second-order valence-corrected chi connectivity index (χ2v) is 11.9. The van der Waals surface area contributed by atoms with Gasteiger partial charge in [0.2, 0.25) is 0 Å². The van der Waals surface area contributed by atoms with E-state index in [1.807, 2.05) is 74.6 Å². The molecule has 2 N–H and O–H groups in total. The summed E-state index contributed by atoms with van der Waals surface area (Å²) in [7, 11) is 1.41. The molecule has 0 atom stereocenters. The number of esters is 2. The van der Waals surface area contributed by atoms with Crippen LogP contribution in [0.5, 0.6) is 0 Å². The van der Waals surface area contributed by atoms with Gasteiger partial charge in [-0.15, -0.1) is 0 Å². The molecule has 8 nitrogen and oxygen atoms in total. The molecule has 2 aromatic heterocycles. The average molecular weight is 525 g/mol. The van der Waals surface area contributed by atoms with Crippen molar-refractivity contribution in [1.29, 1.82) is 0 Å². The van der Waals surface area contributed by atoms with Crippen LogP contribution < -0.4 is 0 Å². The molecule has 1 saturated heterocycles. The Kier molecular flexibility index (Phi) is 5.57. The Morgan fingerprint density at radius 2 is 1.51 bits per heavy atom. The molecule has 0 amide bonds. The fraction of sp³-hybridized carbons (Fsp3) is 0.355. The number of methoxy groups -OCH3 is 1. The van der Waals surface area contributed by atoms with E-state index in [2.05, 4.69) is 23.8 Å². The standard InChI is InChI=1S/C31H32N4O4/c1-29(2,16-26(36)38-5)28-22-10-6-18(32-22)14-20-8-12-24(34-20)31(30(3,4)17-27(37)39-31)25-13-9-21(35-25)15-19-7-11-23(28)33-19/h6-15,28,34-35H,16-17H2,1-5H3/b18-14-,19-15-. The number of nitrogens with zero attached hydrogens (tertiary/aromatic N) is 2. The average Bonchev–Trinajstić information content (AvgIpc) is 3.67. The molecule has 200 valence electrons. The predicted molar refractivity (Wildman–Crippen MR) is 150 cm³/mol. The minimum Gasteiger partial charge on any atom is -0.469 e. The van der Waals surface area contributed by atoms with E-state index >= 15 is 0 Å². The van der Waals surface area contributed by atoms with E-state index in [1.165, 1.54) is 7.11 Å².